The summed E-state index contributed by atoms with van der Waals surface area (Å²) >= 11 is 0. The monoisotopic (exact) mass is 496 g/mol. The highest BCUT2D eigenvalue weighted by atomic mass is 35.5. The third kappa shape index (κ3) is 7.04. The van der Waals surface area contributed by atoms with E-state index in [2.05, 4.69) is 40.2 Å². The highest BCUT2D eigenvalue weighted by Gasteiger charge is 2.30. The van der Waals surface area contributed by atoms with Gasteiger partial charge in [-0.05, 0) is 30.0 Å². The zero-order chi connectivity index (χ0) is 22.2. The minimum absolute atomic E-state index is 0. The minimum Gasteiger partial charge on any atom is -0.340 e. The van der Waals surface area contributed by atoms with Crippen molar-refractivity contribution in [3.8, 4) is 6.07 Å². The molecule has 1 aromatic heterocycles. The van der Waals surface area contributed by atoms with Crippen LogP contribution in [0.25, 0.3) is 0 Å². The lowest BCUT2D eigenvalue weighted by Crippen LogP contribution is -2.51. The van der Waals surface area contributed by atoms with Gasteiger partial charge in [-0.1, -0.05) is 66.7 Å². The Morgan fingerprint density at radius 2 is 1.41 bits per heavy atom. The van der Waals surface area contributed by atoms with Crippen LogP contribution in [0.15, 0.2) is 85.2 Å². The van der Waals surface area contributed by atoms with Crippen molar-refractivity contribution in [2.24, 2.45) is 5.92 Å². The fourth-order valence-corrected chi connectivity index (χ4v) is 4.41. The predicted octanol–water partition coefficient (Wildman–Crippen LogP) is 4.74. The van der Waals surface area contributed by atoms with Crippen LogP contribution in [0, 0.1) is 17.2 Å². The maximum absolute atomic E-state index is 13.6. The van der Waals surface area contributed by atoms with Crippen molar-refractivity contribution in [2.75, 3.05) is 26.2 Å². The van der Waals surface area contributed by atoms with E-state index in [-0.39, 0.29) is 42.7 Å². The summed E-state index contributed by atoms with van der Waals surface area (Å²) in [6.07, 6.45) is 4.92. The predicted molar refractivity (Wildman–Crippen MR) is 139 cm³/mol. The van der Waals surface area contributed by atoms with Gasteiger partial charge in [0.05, 0.1) is 6.07 Å². The van der Waals surface area contributed by atoms with E-state index in [1.54, 1.807) is 12.4 Å². The van der Waals surface area contributed by atoms with Gasteiger partial charge in [-0.15, -0.1) is 24.8 Å². The number of aromatic nitrogens is 1. The summed E-state index contributed by atoms with van der Waals surface area (Å²) in [5, 5.41) is 9.72. The van der Waals surface area contributed by atoms with Crippen LogP contribution < -0.4 is 0 Å². The Balaban J connectivity index is 0.00000204. The van der Waals surface area contributed by atoms with Crippen LogP contribution in [0.4, 0.5) is 0 Å². The number of hydrogen-bond acceptors (Lipinski definition) is 4. The van der Waals surface area contributed by atoms with E-state index in [0.717, 1.165) is 18.4 Å². The number of hydrogen-bond donors (Lipinski definition) is 0. The molecule has 1 atom stereocenters. The molecule has 1 saturated heterocycles. The normalized spacial score (nSPS) is 14.4. The number of piperazine rings is 1. The van der Waals surface area contributed by atoms with Gasteiger partial charge in [0.15, 0.2) is 0 Å². The number of rotatable bonds is 7. The molecule has 0 N–H and O–H groups in total. The first-order valence-corrected chi connectivity index (χ1v) is 11.1. The molecule has 0 bridgehead atoms. The first kappa shape index (κ1) is 27.3. The highest BCUT2D eigenvalue weighted by Crippen LogP contribution is 2.23. The van der Waals surface area contributed by atoms with Crippen molar-refractivity contribution in [1.82, 2.24) is 14.8 Å². The Bertz CT molecular complexity index is 995. The van der Waals surface area contributed by atoms with Gasteiger partial charge in [-0.3, -0.25) is 14.7 Å². The fraction of sp³-hybridized carbons (Fsp3) is 0.296. The smallest absolute Gasteiger partial charge is 0.226 e. The topological polar surface area (TPSA) is 60.2 Å². The lowest BCUT2D eigenvalue weighted by molar-refractivity contribution is -0.137. The van der Waals surface area contributed by atoms with E-state index in [1.165, 1.54) is 11.1 Å². The van der Waals surface area contributed by atoms with Crippen molar-refractivity contribution < 1.29 is 4.79 Å². The van der Waals surface area contributed by atoms with Gasteiger partial charge in [0.25, 0.3) is 0 Å². The number of nitriles is 1. The van der Waals surface area contributed by atoms with E-state index >= 15 is 0 Å². The van der Waals surface area contributed by atoms with E-state index in [4.69, 9.17) is 0 Å². The first-order valence-electron chi connectivity index (χ1n) is 11.1. The van der Waals surface area contributed by atoms with Gasteiger partial charge in [-0.2, -0.15) is 5.26 Å². The molecule has 2 aromatic carbocycles. The third-order valence-electron chi connectivity index (χ3n) is 6.11. The second kappa shape index (κ2) is 13.7. The molecule has 1 amide bonds. The number of nitrogens with zero attached hydrogens (tertiary/aromatic N) is 4. The van der Waals surface area contributed by atoms with Gasteiger partial charge in [0.1, 0.15) is 6.04 Å². The summed E-state index contributed by atoms with van der Waals surface area (Å²) in [6.45, 7) is 2.64. The van der Waals surface area contributed by atoms with Crippen molar-refractivity contribution in [2.45, 2.75) is 18.9 Å². The quantitative estimate of drug-likeness (QED) is 0.474. The molecular weight excluding hydrogens is 467 g/mol. The summed E-state index contributed by atoms with van der Waals surface area (Å²) < 4.78 is 0. The number of benzene rings is 2. The minimum atomic E-state index is -0.328. The van der Waals surface area contributed by atoms with E-state index in [0.29, 0.717) is 26.2 Å². The van der Waals surface area contributed by atoms with Crippen molar-refractivity contribution in [3.05, 3.63) is 102 Å². The van der Waals surface area contributed by atoms with Gasteiger partial charge in [0, 0.05) is 50.1 Å². The molecule has 0 radical (unpaired) electrons. The average Bonchev–Trinajstić information content (AvgIpc) is 2.86. The molecule has 2 heterocycles. The highest BCUT2D eigenvalue weighted by molar-refractivity contribution is 5.85. The molecule has 1 aliphatic rings. The summed E-state index contributed by atoms with van der Waals surface area (Å²) in [6, 6.07) is 26.4. The molecule has 5 nitrogen and oxygen atoms in total. The average molecular weight is 497 g/mol. The SMILES string of the molecule is Cl.Cl.N#CC(c1cccnc1)N1CCN(C(=O)C(Cc2ccccc2)Cc2ccccc2)CC1. The zero-order valence-electron chi connectivity index (χ0n) is 19.0. The Kier molecular flexibility index (Phi) is 11.0. The Labute approximate surface area is 214 Å². The molecule has 0 spiro atoms. The molecule has 0 saturated carbocycles. The first-order chi connectivity index (χ1) is 15.7. The van der Waals surface area contributed by atoms with Gasteiger partial charge in [-0.25, -0.2) is 0 Å². The maximum Gasteiger partial charge on any atom is 0.226 e. The summed E-state index contributed by atoms with van der Waals surface area (Å²) in [7, 11) is 0. The third-order valence-corrected chi connectivity index (χ3v) is 6.11. The standard InChI is InChI=1S/C27H28N4O.2ClH/c28-20-26(24-12-7-13-29-21-24)30-14-16-31(17-15-30)27(32)25(18-22-8-3-1-4-9-22)19-23-10-5-2-6-11-23;;/h1-13,21,25-26H,14-19H2;2*1H. The molecule has 34 heavy (non-hydrogen) atoms. The fourth-order valence-electron chi connectivity index (χ4n) is 4.41. The summed E-state index contributed by atoms with van der Waals surface area (Å²) in [4.78, 5) is 21.8. The van der Waals surface area contributed by atoms with Crippen LogP contribution in [-0.4, -0.2) is 46.9 Å². The van der Waals surface area contributed by atoms with Crippen molar-refractivity contribution >= 4 is 30.7 Å². The molecule has 7 heteroatoms. The van der Waals surface area contributed by atoms with Gasteiger partial charge < -0.3 is 4.90 Å². The summed E-state index contributed by atoms with van der Waals surface area (Å²) in [5.74, 6) is 0.101. The Morgan fingerprint density at radius 1 is 0.853 bits per heavy atom. The zero-order valence-corrected chi connectivity index (χ0v) is 20.6. The van der Waals surface area contributed by atoms with Gasteiger partial charge in [0.2, 0.25) is 5.91 Å². The van der Waals surface area contributed by atoms with E-state index in [1.807, 2.05) is 53.4 Å². The molecule has 1 unspecified atom stereocenters. The number of pyridine rings is 1. The van der Waals surface area contributed by atoms with Crippen LogP contribution in [0.2, 0.25) is 0 Å². The molecular formula is C27H30Cl2N4O. The molecule has 178 valence electrons. The molecule has 1 aliphatic heterocycles. The van der Waals surface area contributed by atoms with Crippen LogP contribution in [-0.2, 0) is 17.6 Å². The van der Waals surface area contributed by atoms with Crippen molar-refractivity contribution in [3.63, 3.8) is 0 Å². The Hall–Kier alpha value is -2.91. The van der Waals surface area contributed by atoms with E-state index < -0.39 is 0 Å². The summed E-state index contributed by atoms with van der Waals surface area (Å²) in [5.41, 5.74) is 3.27. The van der Waals surface area contributed by atoms with Crippen LogP contribution in [0.5, 0.6) is 0 Å². The second-order valence-corrected chi connectivity index (χ2v) is 8.26. The van der Waals surface area contributed by atoms with E-state index in [9.17, 15) is 10.1 Å². The Morgan fingerprint density at radius 3 is 1.88 bits per heavy atom. The van der Waals surface area contributed by atoms with Crippen LogP contribution in [0.3, 0.4) is 0 Å². The van der Waals surface area contributed by atoms with Crippen molar-refractivity contribution in [1.29, 1.82) is 5.26 Å². The number of amides is 1. The van der Waals surface area contributed by atoms with Gasteiger partial charge >= 0.3 is 0 Å². The second-order valence-electron chi connectivity index (χ2n) is 8.26. The molecule has 3 aromatic rings. The molecule has 1 fully saturated rings. The lowest BCUT2D eigenvalue weighted by atomic mass is 9.91. The number of carbonyl (C=O) groups excluding carboxylic acids is 1. The largest absolute Gasteiger partial charge is 0.340 e. The molecule has 0 aliphatic carbocycles. The lowest BCUT2D eigenvalue weighted by Gasteiger charge is -2.38. The van der Waals surface area contributed by atoms with Crippen LogP contribution >= 0.6 is 24.8 Å². The maximum atomic E-state index is 13.6. The number of carbonyl (C=O) groups is 1. The van der Waals surface area contributed by atoms with Crippen LogP contribution in [0.1, 0.15) is 22.7 Å². The molecule has 4 rings (SSSR count). The number of halogens is 2.